The first-order valence-electron chi connectivity index (χ1n) is 23.0. The number of nitrogens with one attached hydrogen (secondary N) is 4. The molecule has 0 bridgehead atoms. The minimum Gasteiger partial charge on any atom is -0.484 e. The van der Waals surface area contributed by atoms with Gasteiger partial charge in [0.2, 0.25) is 11.8 Å². The first kappa shape index (κ1) is 48.0. The van der Waals surface area contributed by atoms with E-state index in [1.54, 1.807) is 24.3 Å². The third-order valence-electron chi connectivity index (χ3n) is 12.2. The molecule has 1 saturated carbocycles. The Bertz CT molecular complexity index is 2220. The van der Waals surface area contributed by atoms with Crippen molar-refractivity contribution in [3.8, 4) is 17.2 Å². The summed E-state index contributed by atoms with van der Waals surface area (Å²) in [6, 6.07) is 10.2. The molecule has 3 aliphatic heterocycles. The number of fused-ring (bicyclic) bond motifs is 1. The summed E-state index contributed by atoms with van der Waals surface area (Å²) in [6.45, 7) is 4.71. The van der Waals surface area contributed by atoms with Gasteiger partial charge < -0.3 is 39.2 Å². The molecule has 1 aliphatic carbocycles. The van der Waals surface area contributed by atoms with Crippen molar-refractivity contribution in [2.45, 2.75) is 76.2 Å². The molecule has 0 spiro atoms. The number of H-pyrrole nitrogens is 1. The quantitative estimate of drug-likeness (QED) is 0.0741. The van der Waals surface area contributed by atoms with Crippen molar-refractivity contribution in [1.29, 1.82) is 0 Å². The zero-order chi connectivity index (χ0) is 46.3. The lowest BCUT2D eigenvalue weighted by Crippen LogP contribution is -2.54. The van der Waals surface area contributed by atoms with Crippen LogP contribution in [0, 0.1) is 5.92 Å². The highest BCUT2D eigenvalue weighted by atomic mass is 16.5. The van der Waals surface area contributed by atoms with Crippen LogP contribution in [0.4, 0.5) is 0 Å². The van der Waals surface area contributed by atoms with Gasteiger partial charge >= 0.3 is 5.69 Å². The lowest BCUT2D eigenvalue weighted by Gasteiger charge is -2.33. The molecule has 2 saturated heterocycles. The van der Waals surface area contributed by atoms with Crippen molar-refractivity contribution >= 4 is 35.4 Å². The molecule has 7 rings (SSSR count). The number of carbonyl (C=O) groups excluding carboxylic acids is 6. The number of hydrogen-bond donors (Lipinski definition) is 4. The van der Waals surface area contributed by atoms with Crippen LogP contribution in [0.5, 0.6) is 11.5 Å². The van der Waals surface area contributed by atoms with E-state index in [-0.39, 0.29) is 80.2 Å². The molecule has 6 amide bonds. The van der Waals surface area contributed by atoms with E-state index >= 15 is 0 Å². The average molecular weight is 917 g/mol. The number of ether oxygens (including phenoxy) is 5. The Morgan fingerprint density at radius 2 is 1.42 bits per heavy atom. The van der Waals surface area contributed by atoms with E-state index < -0.39 is 42.2 Å². The second kappa shape index (κ2) is 24.0. The monoisotopic (exact) mass is 916 g/mol. The summed E-state index contributed by atoms with van der Waals surface area (Å²) < 4.78 is 29.1. The van der Waals surface area contributed by atoms with E-state index in [4.69, 9.17) is 23.7 Å². The SMILES string of the molecule is O=C(COc1ccc(-n2nc([C@H]3CCCN(CCC4CCCCC4)C3)[nH]c2=O)cc1)NCCOCCOCCOCCNC(=O)COc1cccc2c1C(=O)N(C1CCC(=O)NC1=O)C2=O. The van der Waals surface area contributed by atoms with Gasteiger partial charge in [0.05, 0.1) is 56.5 Å². The van der Waals surface area contributed by atoms with Gasteiger partial charge in [0.25, 0.3) is 23.6 Å². The Morgan fingerprint density at radius 3 is 2.12 bits per heavy atom. The molecule has 3 fully saturated rings. The molecular weight excluding hydrogens is 857 g/mol. The van der Waals surface area contributed by atoms with Crippen LogP contribution in [0.2, 0.25) is 0 Å². The minimum atomic E-state index is -1.11. The third-order valence-corrected chi connectivity index (χ3v) is 12.2. The highest BCUT2D eigenvalue weighted by Crippen LogP contribution is 2.34. The lowest BCUT2D eigenvalue weighted by molar-refractivity contribution is -0.136. The number of likely N-dealkylation sites (tertiary alicyclic amines) is 1. The first-order chi connectivity index (χ1) is 32.1. The number of benzene rings is 2. The molecule has 2 aromatic carbocycles. The zero-order valence-electron chi connectivity index (χ0n) is 37.2. The number of aromatic amines is 1. The van der Waals surface area contributed by atoms with Gasteiger partial charge in [-0.05, 0) is 81.1 Å². The molecule has 66 heavy (non-hydrogen) atoms. The second-order valence-electron chi connectivity index (χ2n) is 16.9. The van der Waals surface area contributed by atoms with Crippen LogP contribution in [0.3, 0.4) is 0 Å². The maximum absolute atomic E-state index is 13.2. The van der Waals surface area contributed by atoms with Crippen molar-refractivity contribution in [2.75, 3.05) is 85.6 Å². The summed E-state index contributed by atoms with van der Waals surface area (Å²) in [5, 5.41) is 12.2. The summed E-state index contributed by atoms with van der Waals surface area (Å²) in [7, 11) is 0. The van der Waals surface area contributed by atoms with Gasteiger partial charge in [-0.1, -0.05) is 38.2 Å². The molecule has 20 heteroatoms. The summed E-state index contributed by atoms with van der Waals surface area (Å²) >= 11 is 0. The second-order valence-corrected chi connectivity index (χ2v) is 16.9. The van der Waals surface area contributed by atoms with E-state index in [2.05, 4.69) is 30.9 Å². The van der Waals surface area contributed by atoms with E-state index in [1.165, 1.54) is 61.4 Å². The average Bonchev–Trinajstić information content (AvgIpc) is 3.84. The van der Waals surface area contributed by atoms with E-state index in [0.717, 1.165) is 49.1 Å². The van der Waals surface area contributed by atoms with Gasteiger partial charge in [0, 0.05) is 32.0 Å². The van der Waals surface area contributed by atoms with Gasteiger partial charge in [-0.3, -0.25) is 44.0 Å². The maximum Gasteiger partial charge on any atom is 0.348 e. The van der Waals surface area contributed by atoms with Crippen LogP contribution >= 0.6 is 0 Å². The number of piperidine rings is 2. The number of aromatic nitrogens is 3. The number of carbonyl (C=O) groups is 6. The fourth-order valence-electron chi connectivity index (χ4n) is 8.77. The number of nitrogens with zero attached hydrogens (tertiary/aromatic N) is 4. The van der Waals surface area contributed by atoms with Crippen LogP contribution in [0.1, 0.15) is 96.7 Å². The Labute approximate surface area is 382 Å². The molecule has 1 unspecified atom stereocenters. The topological polar surface area (TPSA) is 242 Å². The van der Waals surface area contributed by atoms with Gasteiger partial charge in [-0.15, -0.1) is 5.10 Å². The Kier molecular flexibility index (Phi) is 17.4. The van der Waals surface area contributed by atoms with E-state index in [1.807, 2.05) is 0 Å². The van der Waals surface area contributed by atoms with Crippen LogP contribution in [-0.4, -0.2) is 152 Å². The third kappa shape index (κ3) is 13.1. The predicted molar refractivity (Wildman–Crippen MR) is 236 cm³/mol. The molecule has 1 aromatic heterocycles. The first-order valence-corrected chi connectivity index (χ1v) is 23.0. The molecule has 4 heterocycles. The minimum absolute atomic E-state index is 0.00161. The maximum atomic E-state index is 13.2. The summed E-state index contributed by atoms with van der Waals surface area (Å²) in [4.78, 5) is 94.0. The zero-order valence-corrected chi connectivity index (χ0v) is 37.2. The highest BCUT2D eigenvalue weighted by molar-refractivity contribution is 6.24. The molecule has 20 nitrogen and oxygen atoms in total. The fourth-order valence-corrected chi connectivity index (χ4v) is 8.77. The Morgan fingerprint density at radius 1 is 0.742 bits per heavy atom. The van der Waals surface area contributed by atoms with Crippen molar-refractivity contribution in [3.05, 3.63) is 69.9 Å². The van der Waals surface area contributed by atoms with Crippen LogP contribution in [-0.2, 0) is 33.4 Å². The number of amides is 6. The molecule has 0 radical (unpaired) electrons. The number of hydrogen-bond acceptors (Lipinski definition) is 14. The molecule has 356 valence electrons. The molecule has 4 aliphatic rings. The molecular formula is C46H60N8O12. The standard InChI is InChI=1S/C46H60N8O12/c55-38-16-15-36(43(58)49-38)53-44(59)35-9-4-10-37(41(35)45(53)60)66-30-40(57)48-19-23-63-25-27-64-26-24-62-22-18-47-39(56)29-65-34-13-11-33(12-14-34)54-46(61)50-42(51-54)32-8-5-20-52(28-32)21-17-31-6-2-1-3-7-31/h4,9-14,31-32,36H,1-3,5-8,15-30H2,(H,47,56)(H,48,57)(H,49,55,58)(H,50,51,61)/t32-,36?/m0/s1. The van der Waals surface area contributed by atoms with E-state index in [9.17, 15) is 33.6 Å². The van der Waals surface area contributed by atoms with Gasteiger partial charge in [0.15, 0.2) is 13.2 Å². The summed E-state index contributed by atoms with van der Waals surface area (Å²) in [5.74, 6) is -1.07. The largest absolute Gasteiger partial charge is 0.484 e. The van der Waals surface area contributed by atoms with Crippen LogP contribution < -0.4 is 31.1 Å². The van der Waals surface area contributed by atoms with Crippen molar-refractivity contribution in [3.63, 3.8) is 0 Å². The van der Waals surface area contributed by atoms with E-state index in [0.29, 0.717) is 37.8 Å². The van der Waals surface area contributed by atoms with Crippen molar-refractivity contribution < 1.29 is 52.5 Å². The van der Waals surface area contributed by atoms with Crippen molar-refractivity contribution in [1.82, 2.24) is 40.5 Å². The highest BCUT2D eigenvalue weighted by Gasteiger charge is 2.46. The fraction of sp³-hybridized carbons (Fsp3) is 0.565. The summed E-state index contributed by atoms with van der Waals surface area (Å²) in [5.41, 5.74) is 0.350. The Balaban J connectivity index is 0.682. The predicted octanol–water partition coefficient (Wildman–Crippen LogP) is 1.85. The lowest BCUT2D eigenvalue weighted by atomic mass is 9.86. The van der Waals surface area contributed by atoms with Gasteiger partial charge in [0.1, 0.15) is 23.4 Å². The Hall–Kier alpha value is -5.96. The summed E-state index contributed by atoms with van der Waals surface area (Å²) in [6.07, 6.45) is 10.2. The smallest absolute Gasteiger partial charge is 0.348 e. The molecule has 2 atom stereocenters. The normalized spacial score (nSPS) is 19.1. The number of imide groups is 2. The van der Waals surface area contributed by atoms with Crippen LogP contribution in [0.25, 0.3) is 5.69 Å². The van der Waals surface area contributed by atoms with Crippen LogP contribution in [0.15, 0.2) is 47.3 Å². The van der Waals surface area contributed by atoms with Gasteiger partial charge in [-0.25, -0.2) is 4.79 Å². The number of rotatable bonds is 24. The van der Waals surface area contributed by atoms with Gasteiger partial charge in [-0.2, -0.15) is 4.68 Å². The van der Waals surface area contributed by atoms with Crippen molar-refractivity contribution in [2.24, 2.45) is 5.92 Å². The molecule has 3 aromatic rings. The molecule has 4 N–H and O–H groups in total.